The minimum Gasteiger partial charge on any atom is -0.504 e. The third-order valence-corrected chi connectivity index (χ3v) is 5.44. The van der Waals surface area contributed by atoms with Crippen LogP contribution in [-0.4, -0.2) is 27.7 Å². The Morgan fingerprint density at radius 1 is 1.04 bits per heavy atom. The molecule has 140 valence electrons. The van der Waals surface area contributed by atoms with E-state index in [1.165, 1.54) is 11.3 Å². The van der Waals surface area contributed by atoms with E-state index in [2.05, 4.69) is 9.97 Å². The van der Waals surface area contributed by atoms with Crippen LogP contribution in [0.5, 0.6) is 5.75 Å². The van der Waals surface area contributed by atoms with Gasteiger partial charge in [-0.1, -0.05) is 60.7 Å². The van der Waals surface area contributed by atoms with Crippen molar-refractivity contribution in [2.75, 3.05) is 6.61 Å². The van der Waals surface area contributed by atoms with E-state index in [-0.39, 0.29) is 18.1 Å². The van der Waals surface area contributed by atoms with Crippen LogP contribution in [0.3, 0.4) is 0 Å². The largest absolute Gasteiger partial charge is 0.504 e. The molecule has 28 heavy (non-hydrogen) atoms. The fourth-order valence-corrected chi connectivity index (χ4v) is 4.04. The number of carbonyl (C=O) groups is 1. The zero-order valence-electron chi connectivity index (χ0n) is 15.3. The third kappa shape index (κ3) is 3.46. The van der Waals surface area contributed by atoms with Gasteiger partial charge in [0, 0.05) is 12.0 Å². The van der Waals surface area contributed by atoms with Crippen LogP contribution < -0.4 is 0 Å². The highest BCUT2D eigenvalue weighted by Gasteiger charge is 2.23. The molecule has 4 aromatic rings. The number of aromatic hydroxyl groups is 1. The zero-order valence-corrected chi connectivity index (χ0v) is 16.1. The Morgan fingerprint density at radius 3 is 2.39 bits per heavy atom. The second-order valence-electron chi connectivity index (χ2n) is 6.20. The summed E-state index contributed by atoms with van der Waals surface area (Å²) in [6.45, 7) is 1.92. The molecule has 0 saturated carbocycles. The van der Waals surface area contributed by atoms with Gasteiger partial charge in [0.2, 0.25) is 0 Å². The van der Waals surface area contributed by atoms with E-state index in [0.717, 1.165) is 20.8 Å². The Labute approximate surface area is 166 Å². The van der Waals surface area contributed by atoms with Crippen molar-refractivity contribution in [3.05, 3.63) is 77.6 Å². The molecule has 2 heterocycles. The summed E-state index contributed by atoms with van der Waals surface area (Å²) < 4.78 is 5.84. The molecule has 0 aliphatic carbocycles. The molecule has 1 N–H and O–H groups in total. The number of esters is 1. The molecule has 0 bridgehead atoms. The Hall–Kier alpha value is -3.25. The summed E-state index contributed by atoms with van der Waals surface area (Å²) in [7, 11) is 0. The molecule has 0 atom stereocenters. The second kappa shape index (κ2) is 7.78. The molecule has 0 aliphatic rings. The van der Waals surface area contributed by atoms with Gasteiger partial charge < -0.3 is 9.84 Å². The molecule has 0 spiro atoms. The molecule has 2 aromatic carbocycles. The average molecular weight is 390 g/mol. The molecule has 0 fully saturated rings. The van der Waals surface area contributed by atoms with Gasteiger partial charge in [-0.25, -0.2) is 14.8 Å². The molecule has 0 unspecified atom stereocenters. The van der Waals surface area contributed by atoms with E-state index < -0.39 is 5.97 Å². The number of hydrogen-bond acceptors (Lipinski definition) is 6. The lowest BCUT2D eigenvalue weighted by Crippen LogP contribution is -2.09. The van der Waals surface area contributed by atoms with E-state index in [0.29, 0.717) is 17.6 Å². The normalized spacial score (nSPS) is 10.9. The Morgan fingerprint density at radius 2 is 1.71 bits per heavy atom. The Kier molecular flexibility index (Phi) is 5.04. The standard InChI is InChI=1S/C22H18N2O3S/c1-2-27-22(26)18-19(25)17-20(16(23-18)13-14-9-5-3-6-10-14)28-21(24-17)15-11-7-4-8-12-15/h3-12,25H,2,13H2,1H3. The number of nitrogens with zero attached hydrogens (tertiary/aromatic N) is 2. The molecule has 4 rings (SSSR count). The number of carbonyl (C=O) groups excluding carboxylic acids is 1. The van der Waals surface area contributed by atoms with Gasteiger partial charge in [-0.2, -0.15) is 0 Å². The highest BCUT2D eigenvalue weighted by molar-refractivity contribution is 7.21. The van der Waals surface area contributed by atoms with Gasteiger partial charge in [-0.3, -0.25) is 0 Å². The molecule has 0 amide bonds. The predicted molar refractivity (Wildman–Crippen MR) is 110 cm³/mol. The zero-order chi connectivity index (χ0) is 19.5. The number of ether oxygens (including phenoxy) is 1. The molecule has 2 aromatic heterocycles. The lowest BCUT2D eigenvalue weighted by atomic mass is 10.1. The number of benzene rings is 2. The smallest absolute Gasteiger partial charge is 0.360 e. The minimum absolute atomic E-state index is 0.0924. The minimum atomic E-state index is -0.648. The van der Waals surface area contributed by atoms with Crippen molar-refractivity contribution < 1.29 is 14.6 Å². The summed E-state index contributed by atoms with van der Waals surface area (Å²) in [5.41, 5.74) is 3.00. The van der Waals surface area contributed by atoms with Crippen LogP contribution in [0, 0.1) is 0 Å². The maximum absolute atomic E-state index is 12.3. The van der Waals surface area contributed by atoms with E-state index in [4.69, 9.17) is 4.74 Å². The predicted octanol–water partition coefficient (Wildman–Crippen LogP) is 4.83. The van der Waals surface area contributed by atoms with Gasteiger partial charge in [0.1, 0.15) is 10.5 Å². The summed E-state index contributed by atoms with van der Waals surface area (Å²) in [6, 6.07) is 19.6. The highest BCUT2D eigenvalue weighted by atomic mass is 32.1. The van der Waals surface area contributed by atoms with Crippen LogP contribution in [0.1, 0.15) is 28.7 Å². The number of thiazole rings is 1. The van der Waals surface area contributed by atoms with Crippen LogP contribution in [0.15, 0.2) is 60.7 Å². The lowest BCUT2D eigenvalue weighted by molar-refractivity contribution is 0.0516. The van der Waals surface area contributed by atoms with Gasteiger partial charge in [0.05, 0.1) is 17.0 Å². The SMILES string of the molecule is CCOC(=O)c1nc(Cc2ccccc2)c2sc(-c3ccccc3)nc2c1O. The molecule has 0 aliphatic heterocycles. The first-order valence-corrected chi connectivity index (χ1v) is 9.78. The van der Waals surface area contributed by atoms with Crippen LogP contribution in [0.2, 0.25) is 0 Å². The Bertz CT molecular complexity index is 1120. The summed E-state index contributed by atoms with van der Waals surface area (Å²) in [5, 5.41) is 11.4. The van der Waals surface area contributed by atoms with Crippen LogP contribution in [0.25, 0.3) is 20.8 Å². The molecule has 5 nitrogen and oxygen atoms in total. The van der Waals surface area contributed by atoms with Gasteiger partial charge in [0.25, 0.3) is 0 Å². The van der Waals surface area contributed by atoms with Crippen molar-refractivity contribution in [1.82, 2.24) is 9.97 Å². The first kappa shape index (κ1) is 18.1. The van der Waals surface area contributed by atoms with E-state index >= 15 is 0 Å². The topological polar surface area (TPSA) is 72.3 Å². The van der Waals surface area contributed by atoms with Gasteiger partial charge in [-0.15, -0.1) is 11.3 Å². The van der Waals surface area contributed by atoms with E-state index in [1.807, 2.05) is 60.7 Å². The fraction of sp³-hybridized carbons (Fsp3) is 0.136. The van der Waals surface area contributed by atoms with Crippen molar-refractivity contribution in [2.45, 2.75) is 13.3 Å². The lowest BCUT2D eigenvalue weighted by Gasteiger charge is -2.08. The maximum atomic E-state index is 12.3. The quantitative estimate of drug-likeness (QED) is 0.494. The van der Waals surface area contributed by atoms with Gasteiger partial charge in [0.15, 0.2) is 11.4 Å². The summed E-state index contributed by atoms with van der Waals surface area (Å²) >= 11 is 1.46. The van der Waals surface area contributed by atoms with Crippen LogP contribution in [-0.2, 0) is 11.2 Å². The highest BCUT2D eigenvalue weighted by Crippen LogP contribution is 2.38. The van der Waals surface area contributed by atoms with Crippen LogP contribution >= 0.6 is 11.3 Å². The molecular formula is C22H18N2O3S. The maximum Gasteiger partial charge on any atom is 0.360 e. The average Bonchev–Trinajstić information content (AvgIpc) is 3.18. The molecule has 6 heteroatoms. The van der Waals surface area contributed by atoms with Crippen molar-refractivity contribution in [2.24, 2.45) is 0 Å². The number of aromatic nitrogens is 2. The van der Waals surface area contributed by atoms with E-state index in [9.17, 15) is 9.90 Å². The van der Waals surface area contributed by atoms with Crippen molar-refractivity contribution in [3.8, 4) is 16.3 Å². The van der Waals surface area contributed by atoms with Crippen molar-refractivity contribution >= 4 is 27.5 Å². The Balaban J connectivity index is 1.90. The fourth-order valence-electron chi connectivity index (χ4n) is 2.98. The molecule has 0 radical (unpaired) electrons. The molecular weight excluding hydrogens is 372 g/mol. The first-order chi connectivity index (χ1) is 13.7. The number of fused-ring (bicyclic) bond motifs is 1. The summed E-state index contributed by atoms with van der Waals surface area (Å²) in [5.74, 6) is -0.880. The third-order valence-electron chi connectivity index (χ3n) is 4.29. The summed E-state index contributed by atoms with van der Waals surface area (Å²) in [4.78, 5) is 21.4. The van der Waals surface area contributed by atoms with Gasteiger partial charge >= 0.3 is 5.97 Å². The number of pyridine rings is 1. The monoisotopic (exact) mass is 390 g/mol. The molecule has 0 saturated heterocycles. The second-order valence-corrected chi connectivity index (χ2v) is 7.20. The number of hydrogen-bond donors (Lipinski definition) is 1. The van der Waals surface area contributed by atoms with Crippen LogP contribution in [0.4, 0.5) is 0 Å². The number of rotatable bonds is 5. The van der Waals surface area contributed by atoms with Gasteiger partial charge in [-0.05, 0) is 12.5 Å². The van der Waals surface area contributed by atoms with Crippen molar-refractivity contribution in [1.29, 1.82) is 0 Å². The summed E-state index contributed by atoms with van der Waals surface area (Å²) in [6.07, 6.45) is 0.528. The van der Waals surface area contributed by atoms with E-state index in [1.54, 1.807) is 6.92 Å². The first-order valence-electron chi connectivity index (χ1n) is 8.96. The van der Waals surface area contributed by atoms with Crippen molar-refractivity contribution in [3.63, 3.8) is 0 Å².